The summed E-state index contributed by atoms with van der Waals surface area (Å²) in [6.45, 7) is 5.57. The van der Waals surface area contributed by atoms with Gasteiger partial charge in [0.1, 0.15) is 0 Å². The monoisotopic (exact) mass is 351 g/mol. The lowest BCUT2D eigenvalue weighted by atomic mass is 10.1. The van der Waals surface area contributed by atoms with Crippen LogP contribution in [0.3, 0.4) is 0 Å². The number of rotatable bonds is 4. The first-order valence-corrected chi connectivity index (χ1v) is 9.98. The van der Waals surface area contributed by atoms with Gasteiger partial charge in [-0.05, 0) is 64.0 Å². The highest BCUT2D eigenvalue weighted by molar-refractivity contribution is 7.89. The van der Waals surface area contributed by atoms with Crippen LogP contribution in [0.2, 0.25) is 0 Å². The number of nitrogens with one attached hydrogen (secondary N) is 1. The number of benzene rings is 1. The maximum atomic E-state index is 12.9. The Morgan fingerprint density at radius 1 is 1.21 bits per heavy atom. The van der Waals surface area contributed by atoms with Gasteiger partial charge in [0.05, 0.1) is 4.90 Å². The van der Waals surface area contributed by atoms with Crippen molar-refractivity contribution in [3.63, 3.8) is 0 Å². The van der Waals surface area contributed by atoms with Gasteiger partial charge in [-0.1, -0.05) is 6.07 Å². The van der Waals surface area contributed by atoms with Crippen LogP contribution in [0.1, 0.15) is 35.2 Å². The molecule has 2 saturated heterocycles. The molecule has 6 nitrogen and oxygen atoms in total. The number of hydrogen-bond donors (Lipinski definition) is 1. The van der Waals surface area contributed by atoms with E-state index >= 15 is 0 Å². The van der Waals surface area contributed by atoms with Crippen LogP contribution in [-0.4, -0.2) is 63.4 Å². The van der Waals surface area contributed by atoms with Crippen molar-refractivity contribution in [2.75, 3.05) is 33.2 Å². The molecule has 0 saturated carbocycles. The molecule has 24 heavy (non-hydrogen) atoms. The normalized spacial score (nSPS) is 22.2. The molecule has 2 heterocycles. The van der Waals surface area contributed by atoms with Crippen LogP contribution in [0.25, 0.3) is 0 Å². The zero-order valence-electron chi connectivity index (χ0n) is 14.3. The van der Waals surface area contributed by atoms with Gasteiger partial charge in [0.15, 0.2) is 0 Å². The molecule has 0 aromatic heterocycles. The van der Waals surface area contributed by atoms with Crippen LogP contribution in [0, 0.1) is 6.92 Å². The molecule has 2 fully saturated rings. The summed E-state index contributed by atoms with van der Waals surface area (Å²) in [5.74, 6) is -0.0673. The Hall–Kier alpha value is -1.44. The molecule has 1 unspecified atom stereocenters. The van der Waals surface area contributed by atoms with E-state index in [0.717, 1.165) is 38.2 Å². The van der Waals surface area contributed by atoms with Gasteiger partial charge in [-0.15, -0.1) is 0 Å². The zero-order valence-corrected chi connectivity index (χ0v) is 15.1. The smallest absolute Gasteiger partial charge is 0.254 e. The Morgan fingerprint density at radius 2 is 1.92 bits per heavy atom. The maximum absolute atomic E-state index is 12.9. The molecule has 7 heteroatoms. The van der Waals surface area contributed by atoms with Gasteiger partial charge in [0.2, 0.25) is 10.0 Å². The number of likely N-dealkylation sites (tertiary alicyclic amines) is 2. The predicted molar refractivity (Wildman–Crippen MR) is 92.5 cm³/mol. The van der Waals surface area contributed by atoms with E-state index in [-0.39, 0.29) is 10.8 Å². The third-order valence-corrected chi connectivity index (χ3v) is 6.54. The van der Waals surface area contributed by atoms with Crippen molar-refractivity contribution in [2.24, 2.45) is 0 Å². The summed E-state index contributed by atoms with van der Waals surface area (Å²) < 4.78 is 26.3. The summed E-state index contributed by atoms with van der Waals surface area (Å²) in [6, 6.07) is 5.17. The molecule has 2 aliphatic heterocycles. The Bertz CT molecular complexity index is 727. The van der Waals surface area contributed by atoms with E-state index in [1.165, 1.54) is 32.0 Å². The highest BCUT2D eigenvalue weighted by Gasteiger charge is 2.32. The minimum absolute atomic E-state index is 0.0673. The highest BCUT2D eigenvalue weighted by atomic mass is 32.2. The van der Waals surface area contributed by atoms with Gasteiger partial charge < -0.3 is 4.90 Å². The van der Waals surface area contributed by atoms with Crippen LogP contribution < -0.4 is 4.72 Å². The van der Waals surface area contributed by atoms with Crippen LogP contribution in [0.4, 0.5) is 0 Å². The number of carbonyl (C=O) groups excluding carboxylic acids is 1. The molecule has 1 N–H and O–H groups in total. The lowest BCUT2D eigenvalue weighted by Gasteiger charge is -2.24. The molecule has 1 atom stereocenters. The molecule has 1 amide bonds. The molecule has 1 aromatic carbocycles. The van der Waals surface area contributed by atoms with Crippen LogP contribution in [-0.2, 0) is 10.0 Å². The molecule has 0 aliphatic carbocycles. The third-order valence-electron chi connectivity index (χ3n) is 5.13. The van der Waals surface area contributed by atoms with Crippen LogP contribution in [0.15, 0.2) is 23.1 Å². The Labute approximate surface area is 143 Å². The fraction of sp³-hybridized carbons (Fsp3) is 0.588. The van der Waals surface area contributed by atoms with Crippen molar-refractivity contribution in [1.82, 2.24) is 14.5 Å². The third kappa shape index (κ3) is 3.34. The first-order valence-electron chi connectivity index (χ1n) is 8.50. The lowest BCUT2D eigenvalue weighted by Crippen LogP contribution is -2.37. The molecule has 3 rings (SSSR count). The number of sulfonamides is 1. The second-order valence-corrected chi connectivity index (χ2v) is 8.51. The highest BCUT2D eigenvalue weighted by Crippen LogP contribution is 2.24. The molecular weight excluding hydrogens is 326 g/mol. The zero-order chi connectivity index (χ0) is 17.3. The lowest BCUT2D eigenvalue weighted by molar-refractivity contribution is 0.0779. The number of aryl methyl sites for hydroxylation is 1. The molecular formula is C17H25N3O3S. The molecule has 2 aliphatic rings. The molecule has 0 spiro atoms. The second-order valence-electron chi connectivity index (χ2n) is 6.62. The fourth-order valence-electron chi connectivity index (χ4n) is 3.62. The van der Waals surface area contributed by atoms with Gasteiger partial charge in [-0.3, -0.25) is 9.69 Å². The van der Waals surface area contributed by atoms with E-state index in [4.69, 9.17) is 0 Å². The minimum atomic E-state index is -3.55. The van der Waals surface area contributed by atoms with Gasteiger partial charge in [0, 0.05) is 24.7 Å². The van der Waals surface area contributed by atoms with Crippen LogP contribution >= 0.6 is 0 Å². The molecule has 0 bridgehead atoms. The Balaban J connectivity index is 1.79. The van der Waals surface area contributed by atoms with Gasteiger partial charge in [-0.25, -0.2) is 13.1 Å². The van der Waals surface area contributed by atoms with Crippen molar-refractivity contribution >= 4 is 15.9 Å². The topological polar surface area (TPSA) is 69.7 Å². The maximum Gasteiger partial charge on any atom is 0.254 e. The quantitative estimate of drug-likeness (QED) is 0.885. The van der Waals surface area contributed by atoms with Crippen LogP contribution in [0.5, 0.6) is 0 Å². The van der Waals surface area contributed by atoms with Crippen molar-refractivity contribution < 1.29 is 13.2 Å². The SMILES string of the molecule is CNS(=O)(=O)c1ccc(C)c(C(=O)N2CCC(N3CCCC3)C2)c1. The number of hydrogen-bond acceptors (Lipinski definition) is 4. The van der Waals surface area contributed by atoms with Crippen molar-refractivity contribution in [3.8, 4) is 0 Å². The summed E-state index contributed by atoms with van der Waals surface area (Å²) in [4.78, 5) is 17.4. The van der Waals surface area contributed by atoms with E-state index in [1.807, 2.05) is 11.8 Å². The average Bonchev–Trinajstić information content (AvgIpc) is 3.25. The number of carbonyl (C=O) groups is 1. The standard InChI is InChI=1S/C17H25N3O3S/c1-13-5-6-15(24(22,23)18-2)11-16(13)17(21)20-10-7-14(12-20)19-8-3-4-9-19/h5-6,11,14,18H,3-4,7-10,12H2,1-2H3. The number of nitrogens with zero attached hydrogens (tertiary/aromatic N) is 2. The van der Waals surface area contributed by atoms with Gasteiger partial charge in [0.25, 0.3) is 5.91 Å². The van der Waals surface area contributed by atoms with E-state index in [1.54, 1.807) is 6.07 Å². The second kappa shape index (κ2) is 6.82. The van der Waals surface area contributed by atoms with Crippen molar-refractivity contribution in [2.45, 2.75) is 37.1 Å². The Kier molecular flexibility index (Phi) is 4.94. The molecule has 1 aromatic rings. The largest absolute Gasteiger partial charge is 0.337 e. The average molecular weight is 351 g/mol. The molecule has 132 valence electrons. The summed E-state index contributed by atoms with van der Waals surface area (Å²) in [5, 5.41) is 0. The minimum Gasteiger partial charge on any atom is -0.337 e. The van der Waals surface area contributed by atoms with Crippen molar-refractivity contribution in [1.29, 1.82) is 0 Å². The van der Waals surface area contributed by atoms with Crippen molar-refractivity contribution in [3.05, 3.63) is 29.3 Å². The summed E-state index contributed by atoms with van der Waals surface area (Å²) in [7, 11) is -2.17. The van der Waals surface area contributed by atoms with E-state index in [2.05, 4.69) is 9.62 Å². The van der Waals surface area contributed by atoms with E-state index < -0.39 is 10.0 Å². The first-order chi connectivity index (χ1) is 11.4. The first kappa shape index (κ1) is 17.4. The number of amides is 1. The van der Waals surface area contributed by atoms with E-state index in [9.17, 15) is 13.2 Å². The molecule has 0 radical (unpaired) electrons. The summed E-state index contributed by atoms with van der Waals surface area (Å²) in [6.07, 6.45) is 3.49. The fourth-order valence-corrected chi connectivity index (χ4v) is 4.37. The van der Waals surface area contributed by atoms with Gasteiger partial charge >= 0.3 is 0 Å². The summed E-state index contributed by atoms with van der Waals surface area (Å²) in [5.41, 5.74) is 1.29. The Morgan fingerprint density at radius 3 is 2.58 bits per heavy atom. The summed E-state index contributed by atoms with van der Waals surface area (Å²) >= 11 is 0. The van der Waals surface area contributed by atoms with Gasteiger partial charge in [-0.2, -0.15) is 0 Å². The van der Waals surface area contributed by atoms with E-state index in [0.29, 0.717) is 11.6 Å². The predicted octanol–water partition coefficient (Wildman–Crippen LogP) is 1.21.